The summed E-state index contributed by atoms with van der Waals surface area (Å²) in [6, 6.07) is 2.36. The van der Waals surface area contributed by atoms with Gasteiger partial charge in [-0.05, 0) is 43.7 Å². The van der Waals surface area contributed by atoms with E-state index in [9.17, 15) is 13.2 Å². The van der Waals surface area contributed by atoms with Gasteiger partial charge in [-0.2, -0.15) is 13.2 Å². The largest absolute Gasteiger partial charge is 0.416 e. The summed E-state index contributed by atoms with van der Waals surface area (Å²) in [4.78, 5) is 6.20. The minimum atomic E-state index is -4.39. The molecule has 0 amide bonds. The predicted octanol–water partition coefficient (Wildman–Crippen LogP) is 4.91. The molecule has 0 bridgehead atoms. The molecule has 0 N–H and O–H groups in total. The Labute approximate surface area is 127 Å². The van der Waals surface area contributed by atoms with E-state index in [0.29, 0.717) is 17.8 Å². The summed E-state index contributed by atoms with van der Waals surface area (Å²) in [5, 5.41) is -0.0854. The van der Waals surface area contributed by atoms with Gasteiger partial charge in [0.05, 0.1) is 5.56 Å². The van der Waals surface area contributed by atoms with E-state index in [1.165, 1.54) is 19.3 Å². The minimum Gasteiger partial charge on any atom is -0.353 e. The molecule has 1 saturated carbocycles. The van der Waals surface area contributed by atoms with Crippen LogP contribution in [0.1, 0.15) is 44.1 Å². The number of fused-ring (bicyclic) bond motifs is 1. The molecule has 1 aliphatic carbocycles. The van der Waals surface area contributed by atoms with Gasteiger partial charge < -0.3 is 4.90 Å². The van der Waals surface area contributed by atoms with E-state index in [2.05, 4.69) is 9.88 Å². The summed E-state index contributed by atoms with van der Waals surface area (Å²) in [7, 11) is 0. The monoisotopic (exact) mass is 318 g/mol. The molecule has 2 atom stereocenters. The summed E-state index contributed by atoms with van der Waals surface area (Å²) in [5.74, 6) is 0.967. The van der Waals surface area contributed by atoms with Crippen molar-refractivity contribution in [2.24, 2.45) is 5.92 Å². The SMILES string of the molecule is FC(F)(F)c1cc(Cl)nc(N2CCCC3CCCCC32)c1. The maximum absolute atomic E-state index is 12.9. The Hall–Kier alpha value is -0.970. The zero-order valence-electron chi connectivity index (χ0n) is 11.7. The maximum atomic E-state index is 12.9. The molecule has 1 aromatic rings. The molecule has 2 heterocycles. The second-order valence-electron chi connectivity index (χ2n) is 5.98. The predicted molar refractivity (Wildman–Crippen MR) is 76.6 cm³/mol. The average molecular weight is 319 g/mol. The van der Waals surface area contributed by atoms with Crippen molar-refractivity contribution in [1.29, 1.82) is 0 Å². The molecule has 116 valence electrons. The molecule has 21 heavy (non-hydrogen) atoms. The topological polar surface area (TPSA) is 16.1 Å². The molecule has 2 unspecified atom stereocenters. The maximum Gasteiger partial charge on any atom is 0.416 e. The molecule has 1 aliphatic heterocycles. The quantitative estimate of drug-likeness (QED) is 0.684. The van der Waals surface area contributed by atoms with Crippen molar-refractivity contribution in [3.05, 3.63) is 22.8 Å². The van der Waals surface area contributed by atoms with Crippen LogP contribution in [0.5, 0.6) is 0 Å². The van der Waals surface area contributed by atoms with Gasteiger partial charge in [-0.15, -0.1) is 0 Å². The second-order valence-corrected chi connectivity index (χ2v) is 6.37. The summed E-state index contributed by atoms with van der Waals surface area (Å²) < 4.78 is 38.8. The molecule has 2 aliphatic rings. The number of nitrogens with zero attached hydrogens (tertiary/aromatic N) is 2. The molecule has 2 fully saturated rings. The standard InChI is InChI=1S/C15H18ClF3N2/c16-13-8-11(15(17,18)19)9-14(20-13)21-7-3-5-10-4-1-2-6-12(10)21/h8-10,12H,1-7H2. The van der Waals surface area contributed by atoms with E-state index in [-0.39, 0.29) is 5.15 Å². The third-order valence-electron chi connectivity index (χ3n) is 4.65. The number of halogens is 4. The Kier molecular flexibility index (Phi) is 4.04. The molecule has 3 rings (SSSR count). The Morgan fingerprint density at radius 3 is 2.57 bits per heavy atom. The van der Waals surface area contributed by atoms with Gasteiger partial charge in [0.1, 0.15) is 11.0 Å². The summed E-state index contributed by atoms with van der Waals surface area (Å²) in [6.07, 6.45) is 2.39. The van der Waals surface area contributed by atoms with Gasteiger partial charge in [0.2, 0.25) is 0 Å². The van der Waals surface area contributed by atoms with Crippen molar-refractivity contribution in [2.75, 3.05) is 11.4 Å². The lowest BCUT2D eigenvalue weighted by Crippen LogP contribution is -2.47. The van der Waals surface area contributed by atoms with E-state index < -0.39 is 11.7 Å². The number of rotatable bonds is 1. The summed E-state index contributed by atoms with van der Waals surface area (Å²) in [6.45, 7) is 0.770. The highest BCUT2D eigenvalue weighted by molar-refractivity contribution is 6.29. The fraction of sp³-hybridized carbons (Fsp3) is 0.667. The summed E-state index contributed by atoms with van der Waals surface area (Å²) >= 11 is 5.81. The highest BCUT2D eigenvalue weighted by Crippen LogP contribution is 2.39. The number of hydrogen-bond donors (Lipinski definition) is 0. The zero-order chi connectivity index (χ0) is 15.0. The van der Waals surface area contributed by atoms with Crippen molar-refractivity contribution in [3.63, 3.8) is 0 Å². The fourth-order valence-electron chi connectivity index (χ4n) is 3.70. The van der Waals surface area contributed by atoms with Crippen LogP contribution < -0.4 is 4.90 Å². The van der Waals surface area contributed by atoms with E-state index >= 15 is 0 Å². The van der Waals surface area contributed by atoms with E-state index in [0.717, 1.165) is 37.9 Å². The van der Waals surface area contributed by atoms with Crippen molar-refractivity contribution >= 4 is 17.4 Å². The molecular formula is C15H18ClF3N2. The number of piperidine rings is 1. The van der Waals surface area contributed by atoms with Crippen molar-refractivity contribution in [3.8, 4) is 0 Å². The first-order chi connectivity index (χ1) is 9.95. The third-order valence-corrected chi connectivity index (χ3v) is 4.84. The first-order valence-corrected chi connectivity index (χ1v) is 7.84. The third kappa shape index (κ3) is 3.12. The lowest BCUT2D eigenvalue weighted by atomic mass is 9.78. The van der Waals surface area contributed by atoms with Gasteiger partial charge in [0.15, 0.2) is 0 Å². The molecule has 0 spiro atoms. The van der Waals surface area contributed by atoms with Crippen LogP contribution in [0.4, 0.5) is 19.0 Å². The van der Waals surface area contributed by atoms with Crippen LogP contribution in [0.25, 0.3) is 0 Å². The normalized spacial score (nSPS) is 26.6. The van der Waals surface area contributed by atoms with E-state index in [1.54, 1.807) is 0 Å². The number of aromatic nitrogens is 1. The van der Waals surface area contributed by atoms with Crippen LogP contribution in [-0.2, 0) is 6.18 Å². The summed E-state index contributed by atoms with van der Waals surface area (Å²) in [5.41, 5.74) is -0.713. The Morgan fingerprint density at radius 1 is 1.10 bits per heavy atom. The van der Waals surface area contributed by atoms with Gasteiger partial charge >= 0.3 is 6.18 Å². The first-order valence-electron chi connectivity index (χ1n) is 7.46. The van der Waals surface area contributed by atoms with Crippen LogP contribution in [0.2, 0.25) is 5.15 Å². The molecule has 6 heteroatoms. The molecule has 0 aromatic carbocycles. The Bertz CT molecular complexity index is 516. The molecule has 0 radical (unpaired) electrons. The number of hydrogen-bond acceptors (Lipinski definition) is 2. The highest BCUT2D eigenvalue weighted by Gasteiger charge is 2.36. The van der Waals surface area contributed by atoms with Crippen molar-refractivity contribution in [1.82, 2.24) is 4.98 Å². The van der Waals surface area contributed by atoms with Crippen LogP contribution in [0.3, 0.4) is 0 Å². The second kappa shape index (κ2) is 5.67. The van der Waals surface area contributed by atoms with Crippen molar-refractivity contribution in [2.45, 2.75) is 50.7 Å². The lowest BCUT2D eigenvalue weighted by Gasteiger charge is -2.45. The number of alkyl halides is 3. The van der Waals surface area contributed by atoms with Crippen LogP contribution in [-0.4, -0.2) is 17.6 Å². The highest BCUT2D eigenvalue weighted by atomic mass is 35.5. The minimum absolute atomic E-state index is 0.0854. The molecule has 1 aromatic heterocycles. The molecule has 1 saturated heterocycles. The van der Waals surface area contributed by atoms with Gasteiger partial charge in [0.25, 0.3) is 0 Å². The van der Waals surface area contributed by atoms with Crippen LogP contribution in [0.15, 0.2) is 12.1 Å². The van der Waals surface area contributed by atoms with Gasteiger partial charge in [-0.3, -0.25) is 0 Å². The smallest absolute Gasteiger partial charge is 0.353 e. The van der Waals surface area contributed by atoms with Crippen LogP contribution in [0, 0.1) is 5.92 Å². The van der Waals surface area contributed by atoms with Gasteiger partial charge in [0, 0.05) is 12.6 Å². The average Bonchev–Trinajstić information content (AvgIpc) is 2.45. The first kappa shape index (κ1) is 14.9. The Balaban J connectivity index is 1.93. The van der Waals surface area contributed by atoms with Crippen molar-refractivity contribution < 1.29 is 13.2 Å². The molecular weight excluding hydrogens is 301 g/mol. The van der Waals surface area contributed by atoms with Gasteiger partial charge in [-0.25, -0.2) is 4.98 Å². The van der Waals surface area contributed by atoms with Gasteiger partial charge in [-0.1, -0.05) is 24.4 Å². The fourth-order valence-corrected chi connectivity index (χ4v) is 3.91. The number of pyridine rings is 1. The zero-order valence-corrected chi connectivity index (χ0v) is 12.4. The molecule has 2 nitrogen and oxygen atoms in total. The lowest BCUT2D eigenvalue weighted by molar-refractivity contribution is -0.137. The van der Waals surface area contributed by atoms with Crippen LogP contribution >= 0.6 is 11.6 Å². The van der Waals surface area contributed by atoms with E-state index in [1.807, 2.05) is 0 Å². The Morgan fingerprint density at radius 2 is 1.81 bits per heavy atom. The van der Waals surface area contributed by atoms with E-state index in [4.69, 9.17) is 11.6 Å². The number of anilines is 1.